The zero-order valence-corrected chi connectivity index (χ0v) is 15.5. The lowest BCUT2D eigenvalue weighted by atomic mass is 9.98. The molecule has 26 heavy (non-hydrogen) atoms. The van der Waals surface area contributed by atoms with Gasteiger partial charge in [0.2, 0.25) is 0 Å². The molecule has 1 fully saturated rings. The quantitative estimate of drug-likeness (QED) is 0.737. The average molecular weight is 357 g/mol. The molecule has 8 heteroatoms. The summed E-state index contributed by atoms with van der Waals surface area (Å²) in [5.74, 6) is 0.474. The topological polar surface area (TPSA) is 87.1 Å². The number of hydrogen-bond acceptors (Lipinski definition) is 5. The number of hydrogen-bond donors (Lipinski definition) is 3. The number of likely N-dealkylation sites (N-methyl/N-ethyl adjacent to an activating group) is 1. The Balaban J connectivity index is 1.55. The number of amides is 2. The number of urea groups is 1. The van der Waals surface area contributed by atoms with E-state index in [1.54, 1.807) is 22.8 Å². The predicted octanol–water partition coefficient (Wildman–Crippen LogP) is 2.15. The molecule has 0 bridgehead atoms. The van der Waals surface area contributed by atoms with Crippen LogP contribution in [0.4, 0.5) is 10.6 Å². The Kier molecular flexibility index (Phi) is 5.85. The molecule has 8 nitrogen and oxygen atoms in total. The van der Waals surface area contributed by atoms with Crippen LogP contribution in [0.15, 0.2) is 36.5 Å². The Morgan fingerprint density at radius 2 is 2.15 bits per heavy atom. The maximum absolute atomic E-state index is 12.5. The molecule has 1 aromatic heterocycles. The van der Waals surface area contributed by atoms with Crippen LogP contribution in [0, 0.1) is 0 Å². The Hall–Kier alpha value is -2.45. The van der Waals surface area contributed by atoms with Gasteiger partial charge in [-0.15, -0.1) is 5.10 Å². The van der Waals surface area contributed by atoms with Gasteiger partial charge in [-0.3, -0.25) is 15.4 Å². The maximum atomic E-state index is 12.5. The Morgan fingerprint density at radius 1 is 1.38 bits per heavy atom. The van der Waals surface area contributed by atoms with E-state index >= 15 is 0 Å². The van der Waals surface area contributed by atoms with Gasteiger partial charge in [0.25, 0.3) is 0 Å². The zero-order chi connectivity index (χ0) is 18.5. The van der Waals surface area contributed by atoms with E-state index in [1.165, 1.54) is 5.56 Å². The highest BCUT2D eigenvalue weighted by Gasteiger charge is 2.32. The van der Waals surface area contributed by atoms with Crippen molar-refractivity contribution in [3.63, 3.8) is 0 Å². The third-order valence-corrected chi connectivity index (χ3v) is 4.87. The summed E-state index contributed by atoms with van der Waals surface area (Å²) in [7, 11) is 1.80. The summed E-state index contributed by atoms with van der Waals surface area (Å²) in [6, 6.07) is 10.6. The first-order chi connectivity index (χ1) is 12.6. The van der Waals surface area contributed by atoms with Crippen molar-refractivity contribution in [2.75, 3.05) is 12.4 Å². The van der Waals surface area contributed by atoms with E-state index in [-0.39, 0.29) is 24.2 Å². The second-order valence-corrected chi connectivity index (χ2v) is 6.74. The molecule has 3 N–H and O–H groups in total. The second kappa shape index (κ2) is 8.29. The summed E-state index contributed by atoms with van der Waals surface area (Å²) < 4.78 is 1.73. The highest BCUT2D eigenvalue weighted by molar-refractivity contribution is 5.88. The number of rotatable bonds is 6. The lowest BCUT2D eigenvalue weighted by molar-refractivity contribution is 0.194. The Labute approximate surface area is 153 Å². The standard InChI is InChI=1S/C18H27N7O/c1-4-10-25-12-17(22-23-25)19-18(26)24(3)13(2)15-11-16(21-20-15)14-8-6-5-7-9-14/h5-9,12-13,15-16,20-21H,4,10-11H2,1-3H3,(H,19,26). The fourth-order valence-electron chi connectivity index (χ4n) is 3.15. The molecule has 2 aromatic rings. The van der Waals surface area contributed by atoms with Crippen LogP contribution in [-0.4, -0.2) is 45.1 Å². The van der Waals surface area contributed by atoms with Crippen molar-refractivity contribution >= 4 is 11.8 Å². The van der Waals surface area contributed by atoms with E-state index < -0.39 is 0 Å². The van der Waals surface area contributed by atoms with Crippen LogP contribution in [0.1, 0.15) is 38.3 Å². The van der Waals surface area contributed by atoms with Crippen molar-refractivity contribution in [1.82, 2.24) is 30.7 Å². The van der Waals surface area contributed by atoms with E-state index in [1.807, 2.05) is 25.1 Å². The molecule has 3 atom stereocenters. The average Bonchev–Trinajstić information content (AvgIpc) is 3.31. The lowest BCUT2D eigenvalue weighted by Crippen LogP contribution is -2.49. The molecule has 1 aliphatic rings. The second-order valence-electron chi connectivity index (χ2n) is 6.74. The monoisotopic (exact) mass is 357 g/mol. The molecule has 0 spiro atoms. The largest absolute Gasteiger partial charge is 0.323 e. The molecule has 1 aliphatic heterocycles. The number of hydrazine groups is 1. The fourth-order valence-corrected chi connectivity index (χ4v) is 3.15. The number of aromatic nitrogens is 3. The van der Waals surface area contributed by atoms with Crippen molar-refractivity contribution in [3.05, 3.63) is 42.1 Å². The van der Waals surface area contributed by atoms with Gasteiger partial charge in [0, 0.05) is 31.7 Å². The SMILES string of the molecule is CCCn1cc(NC(=O)N(C)C(C)C2CC(c3ccccc3)NN2)nn1. The predicted molar refractivity (Wildman–Crippen MR) is 100 cm³/mol. The summed E-state index contributed by atoms with van der Waals surface area (Å²) in [6.45, 7) is 4.90. The first kappa shape index (κ1) is 18.3. The molecule has 2 amide bonds. The minimum absolute atomic E-state index is 0.0156. The first-order valence-electron chi connectivity index (χ1n) is 9.08. The Bertz CT molecular complexity index is 717. The van der Waals surface area contributed by atoms with E-state index in [2.05, 4.69) is 45.5 Å². The van der Waals surface area contributed by atoms with Gasteiger partial charge in [-0.05, 0) is 25.3 Å². The number of benzene rings is 1. The number of nitrogens with zero attached hydrogens (tertiary/aromatic N) is 4. The van der Waals surface area contributed by atoms with Crippen molar-refractivity contribution in [2.24, 2.45) is 0 Å². The zero-order valence-electron chi connectivity index (χ0n) is 15.5. The van der Waals surface area contributed by atoms with Crippen molar-refractivity contribution in [1.29, 1.82) is 0 Å². The van der Waals surface area contributed by atoms with E-state index in [0.717, 1.165) is 19.4 Å². The molecule has 3 unspecified atom stereocenters. The number of anilines is 1. The van der Waals surface area contributed by atoms with Crippen molar-refractivity contribution in [2.45, 2.75) is 51.4 Å². The normalized spacial score (nSPS) is 20.7. The van der Waals surface area contributed by atoms with Crippen LogP contribution in [0.25, 0.3) is 0 Å². The third kappa shape index (κ3) is 4.20. The summed E-state index contributed by atoms with van der Waals surface area (Å²) in [5.41, 5.74) is 7.90. The molecule has 0 saturated carbocycles. The van der Waals surface area contributed by atoms with Gasteiger partial charge in [0.15, 0.2) is 5.82 Å². The molecular weight excluding hydrogens is 330 g/mol. The molecule has 0 radical (unpaired) electrons. The molecule has 1 aromatic carbocycles. The van der Waals surface area contributed by atoms with E-state index in [9.17, 15) is 4.79 Å². The van der Waals surface area contributed by atoms with Gasteiger partial charge in [-0.2, -0.15) is 0 Å². The van der Waals surface area contributed by atoms with Crippen LogP contribution in [0.3, 0.4) is 0 Å². The van der Waals surface area contributed by atoms with Crippen molar-refractivity contribution < 1.29 is 4.79 Å². The maximum Gasteiger partial charge on any atom is 0.323 e. The fraction of sp³-hybridized carbons (Fsp3) is 0.500. The van der Waals surface area contributed by atoms with Gasteiger partial charge >= 0.3 is 6.03 Å². The minimum Gasteiger partial charge on any atom is -0.323 e. The van der Waals surface area contributed by atoms with Gasteiger partial charge < -0.3 is 4.90 Å². The first-order valence-corrected chi connectivity index (χ1v) is 9.08. The molecule has 140 valence electrons. The lowest BCUT2D eigenvalue weighted by Gasteiger charge is -2.29. The van der Waals surface area contributed by atoms with Gasteiger partial charge in [0.05, 0.1) is 6.20 Å². The summed E-state index contributed by atoms with van der Waals surface area (Å²) in [4.78, 5) is 14.2. The van der Waals surface area contributed by atoms with E-state index in [4.69, 9.17) is 0 Å². The molecule has 3 rings (SSSR count). The smallest absolute Gasteiger partial charge is 0.323 e. The van der Waals surface area contributed by atoms with Gasteiger partial charge in [-0.25, -0.2) is 10.2 Å². The van der Waals surface area contributed by atoms with Gasteiger partial charge in [0.1, 0.15) is 0 Å². The molecule has 0 aliphatic carbocycles. The number of carbonyl (C=O) groups excluding carboxylic acids is 1. The number of nitrogens with one attached hydrogen (secondary N) is 3. The summed E-state index contributed by atoms with van der Waals surface area (Å²) >= 11 is 0. The molecular formula is C18H27N7O. The van der Waals surface area contributed by atoms with E-state index in [0.29, 0.717) is 5.82 Å². The van der Waals surface area contributed by atoms with Crippen LogP contribution in [-0.2, 0) is 6.54 Å². The van der Waals surface area contributed by atoms with Gasteiger partial charge in [-0.1, -0.05) is 42.5 Å². The van der Waals surface area contributed by atoms with Crippen LogP contribution < -0.4 is 16.2 Å². The van der Waals surface area contributed by atoms with Crippen molar-refractivity contribution in [3.8, 4) is 0 Å². The number of carbonyl (C=O) groups is 1. The minimum atomic E-state index is -0.189. The highest BCUT2D eigenvalue weighted by Crippen LogP contribution is 2.24. The summed E-state index contributed by atoms with van der Waals surface area (Å²) in [6.07, 6.45) is 3.63. The third-order valence-electron chi connectivity index (χ3n) is 4.87. The van der Waals surface area contributed by atoms with Crippen LogP contribution in [0.2, 0.25) is 0 Å². The highest BCUT2D eigenvalue weighted by atomic mass is 16.2. The van der Waals surface area contributed by atoms with Crippen LogP contribution in [0.5, 0.6) is 0 Å². The Morgan fingerprint density at radius 3 is 2.88 bits per heavy atom. The summed E-state index contributed by atoms with van der Waals surface area (Å²) in [5, 5.41) is 10.8. The molecule has 2 heterocycles. The number of aryl methyl sites for hydroxylation is 1. The van der Waals surface area contributed by atoms with Crippen LogP contribution >= 0.6 is 0 Å². The molecule has 1 saturated heterocycles.